The quantitative estimate of drug-likeness (QED) is 0.502. The Morgan fingerprint density at radius 2 is 1.59 bits per heavy atom. The number of hydrogen-bond acceptors (Lipinski definition) is 1. The van der Waals surface area contributed by atoms with Crippen LogP contribution in [0.1, 0.15) is 20.8 Å². The Morgan fingerprint density at radius 3 is 2.12 bits per heavy atom. The van der Waals surface area contributed by atoms with E-state index in [1.807, 2.05) is 36.6 Å². The fourth-order valence-corrected chi connectivity index (χ4v) is 8.32. The second kappa shape index (κ2) is 7.59. The van der Waals surface area contributed by atoms with Crippen LogP contribution < -0.4 is 4.74 Å². The van der Waals surface area contributed by atoms with Gasteiger partial charge in [0.05, 0.1) is 0 Å². The number of benzene rings is 1. The SMILES string of the molecule is C[CH2][Ge]([CH2]C)([CH2]C)[CH2]/C=C\Oc1ccccc1. The van der Waals surface area contributed by atoms with E-state index in [-0.39, 0.29) is 0 Å². The van der Waals surface area contributed by atoms with E-state index < -0.39 is 13.3 Å². The van der Waals surface area contributed by atoms with E-state index in [0.717, 1.165) is 5.75 Å². The summed E-state index contributed by atoms with van der Waals surface area (Å²) in [5, 5.41) is 5.55. The first-order chi connectivity index (χ1) is 8.26. The second-order valence-electron chi connectivity index (χ2n) is 4.57. The van der Waals surface area contributed by atoms with Crippen LogP contribution >= 0.6 is 0 Å². The van der Waals surface area contributed by atoms with Gasteiger partial charge in [-0.25, -0.2) is 0 Å². The molecule has 17 heavy (non-hydrogen) atoms. The molecule has 0 aliphatic carbocycles. The molecule has 0 heterocycles. The van der Waals surface area contributed by atoms with Gasteiger partial charge in [0.1, 0.15) is 0 Å². The van der Waals surface area contributed by atoms with Gasteiger partial charge in [0, 0.05) is 0 Å². The molecule has 1 nitrogen and oxygen atoms in total. The van der Waals surface area contributed by atoms with E-state index in [2.05, 4.69) is 26.8 Å². The van der Waals surface area contributed by atoms with Crippen molar-refractivity contribution in [2.45, 2.75) is 41.8 Å². The average Bonchev–Trinajstić information content (AvgIpc) is 2.41. The third kappa shape index (κ3) is 4.59. The zero-order chi connectivity index (χ0) is 12.6. The average molecular weight is 293 g/mol. The monoisotopic (exact) mass is 294 g/mol. The van der Waals surface area contributed by atoms with E-state index in [4.69, 9.17) is 4.74 Å². The number of hydrogen-bond donors (Lipinski definition) is 0. The van der Waals surface area contributed by atoms with Crippen molar-refractivity contribution < 1.29 is 4.74 Å². The van der Waals surface area contributed by atoms with E-state index >= 15 is 0 Å². The molecule has 0 atom stereocenters. The summed E-state index contributed by atoms with van der Waals surface area (Å²) in [6, 6.07) is 9.96. The van der Waals surface area contributed by atoms with Gasteiger partial charge in [-0.05, 0) is 0 Å². The fourth-order valence-electron chi connectivity index (χ4n) is 2.11. The van der Waals surface area contributed by atoms with Crippen molar-refractivity contribution in [3.8, 4) is 5.75 Å². The molecular weight excluding hydrogens is 269 g/mol. The molecule has 1 aromatic rings. The molecule has 0 N–H and O–H groups in total. The summed E-state index contributed by atoms with van der Waals surface area (Å²) in [5.41, 5.74) is 0. The Labute approximate surface area is 108 Å². The molecule has 0 aromatic heterocycles. The van der Waals surface area contributed by atoms with Gasteiger partial charge in [0.25, 0.3) is 0 Å². The van der Waals surface area contributed by atoms with Gasteiger partial charge in [0.2, 0.25) is 0 Å². The molecule has 0 spiro atoms. The molecule has 0 bridgehead atoms. The van der Waals surface area contributed by atoms with Gasteiger partial charge in [-0.3, -0.25) is 0 Å². The predicted octanol–water partition coefficient (Wildman–Crippen LogP) is 5.09. The number of ether oxygens (including phenoxy) is 1. The van der Waals surface area contributed by atoms with Gasteiger partial charge < -0.3 is 0 Å². The number of para-hydroxylation sites is 1. The van der Waals surface area contributed by atoms with Crippen LogP contribution in [0.2, 0.25) is 21.0 Å². The molecule has 1 aromatic carbocycles. The fraction of sp³-hybridized carbons (Fsp3) is 0.467. The molecule has 1 rings (SSSR count). The van der Waals surface area contributed by atoms with E-state index in [1.54, 1.807) is 0 Å². The summed E-state index contributed by atoms with van der Waals surface area (Å²) in [6.07, 6.45) is 4.11. The van der Waals surface area contributed by atoms with Crippen LogP contribution in [0.25, 0.3) is 0 Å². The Balaban J connectivity index is 2.44. The first-order valence-corrected chi connectivity index (χ1v) is 12.6. The van der Waals surface area contributed by atoms with Crippen molar-refractivity contribution in [2.75, 3.05) is 0 Å². The summed E-state index contributed by atoms with van der Waals surface area (Å²) >= 11 is -1.54. The molecule has 0 saturated carbocycles. The molecular formula is C15H24GeO. The third-order valence-electron chi connectivity index (χ3n) is 3.84. The Bertz CT molecular complexity index is 320. The standard InChI is InChI=1S/C15H24GeO/c1-4-16(5-2,6-3)13-10-14-17-15-11-8-7-9-12-15/h7-12,14H,4-6,13H2,1-3H3/b14-10-. The Hall–Kier alpha value is -0.697. The van der Waals surface area contributed by atoms with E-state index in [1.165, 1.54) is 21.0 Å². The normalized spacial score (nSPS) is 11.9. The molecule has 94 valence electrons. The third-order valence-corrected chi connectivity index (χ3v) is 15.6. The van der Waals surface area contributed by atoms with Crippen molar-refractivity contribution in [3.05, 3.63) is 42.7 Å². The topological polar surface area (TPSA) is 9.23 Å². The number of rotatable bonds is 7. The molecule has 0 fully saturated rings. The van der Waals surface area contributed by atoms with E-state index in [9.17, 15) is 0 Å². The summed E-state index contributed by atoms with van der Waals surface area (Å²) in [7, 11) is 0. The summed E-state index contributed by atoms with van der Waals surface area (Å²) in [6.45, 7) is 7.08. The molecule has 0 radical (unpaired) electrons. The molecule has 0 saturated heterocycles. The van der Waals surface area contributed by atoms with Gasteiger partial charge in [0.15, 0.2) is 0 Å². The summed E-state index contributed by atoms with van der Waals surface area (Å²) in [4.78, 5) is 0. The van der Waals surface area contributed by atoms with Crippen LogP contribution in [0, 0.1) is 0 Å². The van der Waals surface area contributed by atoms with Crippen LogP contribution in [0.4, 0.5) is 0 Å². The van der Waals surface area contributed by atoms with Crippen LogP contribution in [0.5, 0.6) is 5.75 Å². The minimum absolute atomic E-state index is 0.923. The first kappa shape index (κ1) is 14.4. The van der Waals surface area contributed by atoms with Crippen LogP contribution in [-0.2, 0) is 0 Å². The summed E-state index contributed by atoms with van der Waals surface area (Å²) < 4.78 is 5.58. The molecule has 0 aliphatic rings. The Morgan fingerprint density at radius 1 is 1.00 bits per heavy atom. The second-order valence-corrected chi connectivity index (χ2v) is 16.2. The zero-order valence-corrected chi connectivity index (χ0v) is 13.4. The van der Waals surface area contributed by atoms with Gasteiger partial charge in [-0.2, -0.15) is 0 Å². The molecule has 2 heteroatoms. The van der Waals surface area contributed by atoms with Gasteiger partial charge in [-0.1, -0.05) is 0 Å². The Kier molecular flexibility index (Phi) is 6.42. The predicted molar refractivity (Wildman–Crippen MR) is 78.2 cm³/mol. The maximum atomic E-state index is 5.58. The molecule has 0 unspecified atom stereocenters. The van der Waals surface area contributed by atoms with E-state index in [0.29, 0.717) is 0 Å². The van der Waals surface area contributed by atoms with Crippen molar-refractivity contribution in [1.82, 2.24) is 0 Å². The summed E-state index contributed by atoms with van der Waals surface area (Å²) in [5.74, 6) is 0.923. The minimum atomic E-state index is -1.54. The van der Waals surface area contributed by atoms with Crippen molar-refractivity contribution in [1.29, 1.82) is 0 Å². The first-order valence-electron chi connectivity index (χ1n) is 6.63. The van der Waals surface area contributed by atoms with Crippen molar-refractivity contribution in [2.24, 2.45) is 0 Å². The molecule has 0 aliphatic heterocycles. The van der Waals surface area contributed by atoms with Crippen molar-refractivity contribution in [3.63, 3.8) is 0 Å². The number of allylic oxidation sites excluding steroid dienone is 1. The van der Waals surface area contributed by atoms with Crippen LogP contribution in [-0.4, -0.2) is 13.3 Å². The van der Waals surface area contributed by atoms with Gasteiger partial charge >= 0.3 is 108 Å². The van der Waals surface area contributed by atoms with Gasteiger partial charge in [-0.15, -0.1) is 0 Å². The van der Waals surface area contributed by atoms with Crippen LogP contribution in [0.15, 0.2) is 42.7 Å². The maximum absolute atomic E-state index is 5.58. The van der Waals surface area contributed by atoms with Crippen LogP contribution in [0.3, 0.4) is 0 Å². The molecule has 0 amide bonds. The zero-order valence-electron chi connectivity index (χ0n) is 11.3. The van der Waals surface area contributed by atoms with Crippen molar-refractivity contribution >= 4 is 13.3 Å².